The Bertz CT molecular complexity index is 766. The van der Waals surface area contributed by atoms with E-state index in [4.69, 9.17) is 9.63 Å². The summed E-state index contributed by atoms with van der Waals surface area (Å²) in [5, 5.41) is 12.5. The van der Waals surface area contributed by atoms with Gasteiger partial charge in [0.1, 0.15) is 23.6 Å². The van der Waals surface area contributed by atoms with Crippen molar-refractivity contribution >= 4 is 11.9 Å². The molecule has 0 unspecified atom stereocenters. The molecule has 2 aromatic rings. The monoisotopic (exact) mass is 342 g/mol. The Kier molecular flexibility index (Phi) is 4.63. The number of halogens is 3. The predicted molar refractivity (Wildman–Crippen MR) is 76.3 cm³/mol. The van der Waals surface area contributed by atoms with Gasteiger partial charge in [-0.1, -0.05) is 17.3 Å². The predicted octanol–water partition coefficient (Wildman–Crippen LogP) is 2.83. The molecule has 0 spiro atoms. The number of carboxylic acid groups (broad SMARTS) is 1. The maximum absolute atomic E-state index is 12.6. The highest BCUT2D eigenvalue weighted by atomic mass is 19.4. The molecule has 0 saturated heterocycles. The molecule has 0 atom stereocenters. The number of alkyl halides is 3. The second-order valence-electron chi connectivity index (χ2n) is 5.09. The molecule has 1 N–H and O–H groups in total. The maximum Gasteiger partial charge on any atom is 0.416 e. The molecule has 1 aromatic carbocycles. The number of carbonyl (C=O) groups is 2. The second kappa shape index (κ2) is 6.34. The van der Waals surface area contributed by atoms with Crippen LogP contribution in [0.4, 0.5) is 13.2 Å². The SMILES string of the molecule is Cc1onc(-c2ccc(C(F)(F)F)cc2)c1C(=O)N(C)CC(=O)O. The first kappa shape index (κ1) is 17.5. The fraction of sp³-hybridized carbons (Fsp3) is 0.267. The van der Waals surface area contributed by atoms with Gasteiger partial charge in [0.15, 0.2) is 0 Å². The standard InChI is InChI=1S/C15H13F3N2O4/c1-8-12(14(23)20(2)7-11(21)22)13(19-24-8)9-3-5-10(6-4-9)15(16,17)18/h3-6H,7H2,1-2H3,(H,21,22). The molecule has 0 fully saturated rings. The summed E-state index contributed by atoms with van der Waals surface area (Å²) in [5.74, 6) is -1.70. The number of hydrogen-bond acceptors (Lipinski definition) is 4. The van der Waals surface area contributed by atoms with E-state index in [1.54, 1.807) is 0 Å². The van der Waals surface area contributed by atoms with Gasteiger partial charge in [-0.15, -0.1) is 0 Å². The molecular formula is C15H13F3N2O4. The Balaban J connectivity index is 2.39. The molecular weight excluding hydrogens is 329 g/mol. The summed E-state index contributed by atoms with van der Waals surface area (Å²) in [7, 11) is 1.29. The van der Waals surface area contributed by atoms with E-state index in [9.17, 15) is 22.8 Å². The molecule has 24 heavy (non-hydrogen) atoms. The molecule has 1 amide bonds. The third kappa shape index (κ3) is 3.55. The van der Waals surface area contributed by atoms with Crippen molar-refractivity contribution in [2.45, 2.75) is 13.1 Å². The van der Waals surface area contributed by atoms with E-state index in [0.29, 0.717) is 0 Å². The quantitative estimate of drug-likeness (QED) is 0.924. The lowest BCUT2D eigenvalue weighted by Crippen LogP contribution is -2.32. The first-order valence-electron chi connectivity index (χ1n) is 6.72. The van der Waals surface area contributed by atoms with Gasteiger partial charge in [-0.05, 0) is 19.1 Å². The van der Waals surface area contributed by atoms with Crippen molar-refractivity contribution in [3.63, 3.8) is 0 Å². The van der Waals surface area contributed by atoms with Crippen molar-refractivity contribution in [3.8, 4) is 11.3 Å². The molecule has 9 heteroatoms. The van der Waals surface area contributed by atoms with Crippen LogP contribution in [0.2, 0.25) is 0 Å². The third-order valence-corrected chi connectivity index (χ3v) is 3.28. The second-order valence-corrected chi connectivity index (χ2v) is 5.09. The number of aliphatic carboxylic acids is 1. The van der Waals surface area contributed by atoms with E-state index in [0.717, 1.165) is 17.0 Å². The maximum atomic E-state index is 12.6. The number of benzene rings is 1. The number of nitrogens with zero attached hydrogens (tertiary/aromatic N) is 2. The number of likely N-dealkylation sites (N-methyl/N-ethyl adjacent to an activating group) is 1. The molecule has 0 aliphatic rings. The zero-order valence-electron chi connectivity index (χ0n) is 12.7. The van der Waals surface area contributed by atoms with Crippen molar-refractivity contribution in [2.24, 2.45) is 0 Å². The van der Waals surface area contributed by atoms with E-state index in [2.05, 4.69) is 5.16 Å². The summed E-state index contributed by atoms with van der Waals surface area (Å²) in [6.45, 7) is 0.929. The van der Waals surface area contributed by atoms with Crippen LogP contribution in [-0.2, 0) is 11.0 Å². The number of carbonyl (C=O) groups excluding carboxylic acids is 1. The van der Waals surface area contributed by atoms with Crippen molar-refractivity contribution in [2.75, 3.05) is 13.6 Å². The summed E-state index contributed by atoms with van der Waals surface area (Å²) >= 11 is 0. The summed E-state index contributed by atoms with van der Waals surface area (Å²) in [6.07, 6.45) is -4.47. The Labute approximate surface area is 134 Å². The van der Waals surface area contributed by atoms with Crippen LogP contribution in [-0.4, -0.2) is 40.6 Å². The van der Waals surface area contributed by atoms with E-state index < -0.39 is 30.2 Å². The van der Waals surface area contributed by atoms with Crippen molar-refractivity contribution in [1.29, 1.82) is 0 Å². The molecule has 0 radical (unpaired) electrons. The molecule has 128 valence electrons. The lowest BCUT2D eigenvalue weighted by molar-refractivity contribution is -0.138. The smallest absolute Gasteiger partial charge is 0.416 e. The van der Waals surface area contributed by atoms with Crippen molar-refractivity contribution in [3.05, 3.63) is 41.2 Å². The first-order valence-corrected chi connectivity index (χ1v) is 6.72. The van der Waals surface area contributed by atoms with Gasteiger partial charge in [0, 0.05) is 12.6 Å². The van der Waals surface area contributed by atoms with Crippen LogP contribution in [0.5, 0.6) is 0 Å². The van der Waals surface area contributed by atoms with Crippen LogP contribution in [0.15, 0.2) is 28.8 Å². The van der Waals surface area contributed by atoms with Crippen LogP contribution >= 0.6 is 0 Å². The Hall–Kier alpha value is -2.84. The van der Waals surface area contributed by atoms with E-state index in [1.165, 1.54) is 26.1 Å². The summed E-state index contributed by atoms with van der Waals surface area (Å²) in [6, 6.07) is 4.09. The normalized spacial score (nSPS) is 11.4. The first-order chi connectivity index (χ1) is 11.1. The van der Waals surface area contributed by atoms with Crippen LogP contribution < -0.4 is 0 Å². The Morgan fingerprint density at radius 2 is 1.83 bits per heavy atom. The highest BCUT2D eigenvalue weighted by Crippen LogP contribution is 2.32. The lowest BCUT2D eigenvalue weighted by atomic mass is 10.0. The van der Waals surface area contributed by atoms with E-state index in [1.807, 2.05) is 0 Å². The van der Waals surface area contributed by atoms with Gasteiger partial charge in [0.2, 0.25) is 0 Å². The summed E-state index contributed by atoms with van der Waals surface area (Å²) < 4.78 is 42.8. The molecule has 0 aliphatic heterocycles. The number of aromatic nitrogens is 1. The van der Waals surface area contributed by atoms with Gasteiger partial charge in [-0.3, -0.25) is 9.59 Å². The van der Waals surface area contributed by atoms with Gasteiger partial charge in [-0.25, -0.2) is 0 Å². The van der Waals surface area contributed by atoms with Gasteiger partial charge in [0.05, 0.1) is 5.56 Å². The van der Waals surface area contributed by atoms with Gasteiger partial charge in [0.25, 0.3) is 5.91 Å². The van der Waals surface area contributed by atoms with Crippen molar-refractivity contribution in [1.82, 2.24) is 10.1 Å². The lowest BCUT2D eigenvalue weighted by Gasteiger charge is -2.14. The topological polar surface area (TPSA) is 83.6 Å². The zero-order chi connectivity index (χ0) is 18.1. The fourth-order valence-corrected chi connectivity index (χ4v) is 2.10. The Morgan fingerprint density at radius 1 is 1.25 bits per heavy atom. The number of hydrogen-bond donors (Lipinski definition) is 1. The molecule has 2 rings (SSSR count). The Morgan fingerprint density at radius 3 is 2.33 bits per heavy atom. The fourth-order valence-electron chi connectivity index (χ4n) is 2.10. The van der Waals surface area contributed by atoms with Gasteiger partial charge < -0.3 is 14.5 Å². The van der Waals surface area contributed by atoms with E-state index in [-0.39, 0.29) is 22.6 Å². The van der Waals surface area contributed by atoms with Gasteiger partial charge in [-0.2, -0.15) is 13.2 Å². The molecule has 0 aliphatic carbocycles. The number of carboxylic acids is 1. The summed E-state index contributed by atoms with van der Waals surface area (Å²) in [5.41, 5.74) is -0.503. The van der Waals surface area contributed by atoms with Gasteiger partial charge >= 0.3 is 12.1 Å². The average Bonchev–Trinajstić information content (AvgIpc) is 2.86. The molecule has 0 saturated carbocycles. The molecule has 6 nitrogen and oxygen atoms in total. The minimum Gasteiger partial charge on any atom is -0.480 e. The number of amides is 1. The minimum absolute atomic E-state index is 0.0125. The molecule has 1 heterocycles. The van der Waals surface area contributed by atoms with Crippen LogP contribution in [0.3, 0.4) is 0 Å². The zero-order valence-corrected chi connectivity index (χ0v) is 12.7. The summed E-state index contributed by atoms with van der Waals surface area (Å²) in [4.78, 5) is 24.0. The van der Waals surface area contributed by atoms with Crippen LogP contribution in [0.1, 0.15) is 21.7 Å². The molecule has 0 bridgehead atoms. The minimum atomic E-state index is -4.47. The largest absolute Gasteiger partial charge is 0.480 e. The van der Waals surface area contributed by atoms with Crippen LogP contribution in [0.25, 0.3) is 11.3 Å². The molecule has 1 aromatic heterocycles. The van der Waals surface area contributed by atoms with E-state index >= 15 is 0 Å². The average molecular weight is 342 g/mol. The number of aryl methyl sites for hydroxylation is 1. The number of rotatable bonds is 4. The van der Waals surface area contributed by atoms with Crippen molar-refractivity contribution < 1.29 is 32.4 Å². The third-order valence-electron chi connectivity index (χ3n) is 3.28. The highest BCUT2D eigenvalue weighted by Gasteiger charge is 2.31. The van der Waals surface area contributed by atoms with Crippen LogP contribution in [0, 0.1) is 6.92 Å². The highest BCUT2D eigenvalue weighted by molar-refractivity contribution is 6.01.